The zero-order chi connectivity index (χ0) is 24.1. The highest BCUT2D eigenvalue weighted by Crippen LogP contribution is 2.65. The molecule has 0 spiro atoms. The van der Waals surface area contributed by atoms with Crippen LogP contribution in [0.5, 0.6) is 0 Å². The van der Waals surface area contributed by atoms with Gasteiger partial charge < -0.3 is 9.47 Å². The number of benzene rings is 2. The molecule has 180 valence electrons. The Kier molecular flexibility index (Phi) is 5.65. The fourth-order valence-electron chi connectivity index (χ4n) is 5.31. The summed E-state index contributed by atoms with van der Waals surface area (Å²) in [5.74, 6) is -8.08. The van der Waals surface area contributed by atoms with Gasteiger partial charge in [0.2, 0.25) is 0 Å². The maximum atomic E-state index is 12.9. The number of ether oxygens (including phenoxy) is 2. The number of carbonyl (C=O) groups is 2. The van der Waals surface area contributed by atoms with Crippen LogP contribution in [-0.2, 0) is 9.47 Å². The van der Waals surface area contributed by atoms with E-state index in [-0.39, 0.29) is 12.2 Å². The Morgan fingerprint density at radius 3 is 1.18 bits per heavy atom. The third-order valence-corrected chi connectivity index (χ3v) is 7.36. The van der Waals surface area contributed by atoms with Crippen LogP contribution in [0.4, 0.5) is 17.6 Å². The summed E-state index contributed by atoms with van der Waals surface area (Å²) in [7, 11) is 0. The first-order valence-electron chi connectivity index (χ1n) is 11.5. The molecule has 4 nitrogen and oxygen atoms in total. The van der Waals surface area contributed by atoms with E-state index in [9.17, 15) is 27.2 Å². The summed E-state index contributed by atoms with van der Waals surface area (Å²) in [6.45, 7) is 0. The SMILES string of the molecule is O=C(OC1C[C@@H]2[C@H](C1)C2(F)F)c1ccccc1.O=C(OC1C[C@@H]2[C@H](C1)C2(F)F)c1ccccc1. The molecule has 0 amide bonds. The van der Waals surface area contributed by atoms with Crippen LogP contribution in [0.2, 0.25) is 0 Å². The summed E-state index contributed by atoms with van der Waals surface area (Å²) in [6.07, 6.45) is 0.536. The van der Waals surface area contributed by atoms with Crippen LogP contribution in [0.25, 0.3) is 0 Å². The van der Waals surface area contributed by atoms with Gasteiger partial charge in [0.05, 0.1) is 11.1 Å². The lowest BCUT2D eigenvalue weighted by Gasteiger charge is -2.15. The van der Waals surface area contributed by atoms with Crippen molar-refractivity contribution >= 4 is 11.9 Å². The first-order valence-corrected chi connectivity index (χ1v) is 11.5. The first kappa shape index (κ1) is 22.9. The van der Waals surface area contributed by atoms with Crippen LogP contribution in [0, 0.1) is 23.7 Å². The van der Waals surface area contributed by atoms with Gasteiger partial charge in [0.15, 0.2) is 0 Å². The summed E-state index contributed by atoms with van der Waals surface area (Å²) >= 11 is 0. The van der Waals surface area contributed by atoms with E-state index < -0.39 is 47.5 Å². The van der Waals surface area contributed by atoms with E-state index in [1.807, 2.05) is 12.1 Å². The van der Waals surface area contributed by atoms with Gasteiger partial charge in [0, 0.05) is 23.7 Å². The second kappa shape index (κ2) is 8.40. The lowest BCUT2D eigenvalue weighted by Crippen LogP contribution is -2.20. The minimum atomic E-state index is -2.50. The van der Waals surface area contributed by atoms with Crippen molar-refractivity contribution in [3.05, 3.63) is 71.8 Å². The number of carbonyl (C=O) groups excluding carboxylic acids is 2. The quantitative estimate of drug-likeness (QED) is 0.415. The molecular formula is C26H24F4O4. The molecule has 0 saturated heterocycles. The normalized spacial score (nSPS) is 32.9. The Labute approximate surface area is 194 Å². The predicted octanol–water partition coefficient (Wildman–Crippen LogP) is 5.77. The summed E-state index contributed by atoms with van der Waals surface area (Å²) in [4.78, 5) is 23.3. The molecule has 0 aromatic heterocycles. The van der Waals surface area contributed by atoms with Gasteiger partial charge in [-0.3, -0.25) is 0 Å². The second-order valence-electron chi connectivity index (χ2n) is 9.50. The maximum absolute atomic E-state index is 12.9. The largest absolute Gasteiger partial charge is 0.459 e. The van der Waals surface area contributed by atoms with Crippen molar-refractivity contribution in [2.45, 2.75) is 49.7 Å². The topological polar surface area (TPSA) is 52.6 Å². The van der Waals surface area contributed by atoms with E-state index in [1.165, 1.54) is 0 Å². The number of hydrogen-bond donors (Lipinski definition) is 0. The van der Waals surface area contributed by atoms with Gasteiger partial charge >= 0.3 is 11.9 Å². The summed E-state index contributed by atoms with van der Waals surface area (Å²) in [5, 5.41) is 0. The molecule has 6 atom stereocenters. The van der Waals surface area contributed by atoms with Crippen molar-refractivity contribution in [2.24, 2.45) is 23.7 Å². The number of halogens is 4. The van der Waals surface area contributed by atoms with Gasteiger partial charge in [-0.2, -0.15) is 0 Å². The van der Waals surface area contributed by atoms with E-state index in [4.69, 9.17) is 9.47 Å². The van der Waals surface area contributed by atoms with E-state index in [0.29, 0.717) is 36.8 Å². The lowest BCUT2D eigenvalue weighted by molar-refractivity contribution is 0.00711. The molecule has 0 radical (unpaired) electrons. The highest BCUT2D eigenvalue weighted by molar-refractivity contribution is 5.89. The Balaban J connectivity index is 0.000000142. The van der Waals surface area contributed by atoms with Crippen LogP contribution < -0.4 is 0 Å². The van der Waals surface area contributed by atoms with Crippen LogP contribution >= 0.6 is 0 Å². The molecule has 4 aliphatic rings. The molecule has 4 fully saturated rings. The smallest absolute Gasteiger partial charge is 0.338 e. The Morgan fingerprint density at radius 1 is 0.588 bits per heavy atom. The van der Waals surface area contributed by atoms with E-state index in [2.05, 4.69) is 0 Å². The van der Waals surface area contributed by atoms with Gasteiger partial charge in [-0.25, -0.2) is 27.2 Å². The van der Waals surface area contributed by atoms with E-state index in [1.54, 1.807) is 48.5 Å². The minimum Gasteiger partial charge on any atom is -0.459 e. The van der Waals surface area contributed by atoms with Crippen molar-refractivity contribution < 1.29 is 36.6 Å². The Morgan fingerprint density at radius 2 is 0.882 bits per heavy atom. The van der Waals surface area contributed by atoms with Gasteiger partial charge in [-0.1, -0.05) is 36.4 Å². The standard InChI is InChI=1S/2C13H12F2O2/c2*14-13(15)10-6-9(7-11(10)13)17-12(16)8-4-2-1-3-5-8/h2*1-5,9-11H,6-7H2/t2*9?,10-,11+. The van der Waals surface area contributed by atoms with Crippen LogP contribution in [0.15, 0.2) is 60.7 Å². The highest BCUT2D eigenvalue weighted by atomic mass is 19.3. The van der Waals surface area contributed by atoms with Crippen LogP contribution in [0.3, 0.4) is 0 Å². The zero-order valence-electron chi connectivity index (χ0n) is 18.2. The summed E-state index contributed by atoms with van der Waals surface area (Å²) in [6, 6.07) is 17.2. The first-order chi connectivity index (χ1) is 16.2. The molecule has 0 bridgehead atoms. The van der Waals surface area contributed by atoms with Gasteiger partial charge in [-0.15, -0.1) is 0 Å². The highest BCUT2D eigenvalue weighted by Gasteiger charge is 2.73. The van der Waals surface area contributed by atoms with Crippen molar-refractivity contribution in [3.8, 4) is 0 Å². The number of hydrogen-bond acceptors (Lipinski definition) is 4. The van der Waals surface area contributed by atoms with Crippen LogP contribution in [0.1, 0.15) is 46.4 Å². The van der Waals surface area contributed by atoms with Crippen LogP contribution in [-0.4, -0.2) is 36.0 Å². The Bertz CT molecular complexity index is 945. The number of alkyl halides is 4. The summed E-state index contributed by atoms with van der Waals surface area (Å²) < 4.78 is 62.2. The Hall–Kier alpha value is -2.90. The number of esters is 2. The fraction of sp³-hybridized carbons (Fsp3) is 0.462. The monoisotopic (exact) mass is 476 g/mol. The van der Waals surface area contributed by atoms with Crippen molar-refractivity contribution in [1.82, 2.24) is 0 Å². The fourth-order valence-corrected chi connectivity index (χ4v) is 5.31. The molecule has 4 saturated carbocycles. The molecule has 6 rings (SSSR count). The molecule has 2 aromatic rings. The molecule has 34 heavy (non-hydrogen) atoms. The van der Waals surface area contributed by atoms with Crippen molar-refractivity contribution in [3.63, 3.8) is 0 Å². The summed E-state index contributed by atoms with van der Waals surface area (Å²) in [5.41, 5.74) is 0.944. The molecule has 4 aliphatic carbocycles. The predicted molar refractivity (Wildman–Crippen MR) is 114 cm³/mol. The lowest BCUT2D eigenvalue weighted by atomic mass is 10.2. The molecule has 8 heteroatoms. The average molecular weight is 476 g/mol. The second-order valence-corrected chi connectivity index (χ2v) is 9.50. The van der Waals surface area contributed by atoms with Gasteiger partial charge in [0.25, 0.3) is 11.8 Å². The number of fused-ring (bicyclic) bond motifs is 2. The average Bonchev–Trinajstić information content (AvgIpc) is 3.30. The molecule has 0 heterocycles. The van der Waals surface area contributed by atoms with E-state index in [0.717, 1.165) is 0 Å². The third-order valence-electron chi connectivity index (χ3n) is 7.36. The molecule has 0 N–H and O–H groups in total. The van der Waals surface area contributed by atoms with Gasteiger partial charge in [-0.05, 0) is 49.9 Å². The third kappa shape index (κ3) is 4.30. The van der Waals surface area contributed by atoms with Crippen molar-refractivity contribution in [1.29, 1.82) is 0 Å². The molecule has 2 unspecified atom stereocenters. The van der Waals surface area contributed by atoms with Gasteiger partial charge in [0.1, 0.15) is 12.2 Å². The molecule has 2 aromatic carbocycles. The molecule has 0 aliphatic heterocycles. The number of rotatable bonds is 4. The van der Waals surface area contributed by atoms with E-state index >= 15 is 0 Å². The maximum Gasteiger partial charge on any atom is 0.338 e. The minimum absolute atomic E-state index is 0.302. The van der Waals surface area contributed by atoms with Crippen molar-refractivity contribution in [2.75, 3.05) is 0 Å². The zero-order valence-corrected chi connectivity index (χ0v) is 18.2. The molecular weight excluding hydrogens is 452 g/mol.